The highest BCUT2D eigenvalue weighted by Crippen LogP contribution is 2.21. The van der Waals surface area contributed by atoms with E-state index in [1.54, 1.807) is 13.2 Å². The minimum atomic E-state index is -3.37. The smallest absolute Gasteiger partial charge is 0.250 e. The molecular weight excluding hydrogens is 284 g/mol. The summed E-state index contributed by atoms with van der Waals surface area (Å²) in [6, 6.07) is 3.52. The number of hydrogen-bond acceptors (Lipinski definition) is 5. The van der Waals surface area contributed by atoms with Crippen molar-refractivity contribution in [1.29, 1.82) is 0 Å². The van der Waals surface area contributed by atoms with E-state index >= 15 is 0 Å². The Bertz CT molecular complexity index is 457. The first kappa shape index (κ1) is 16.6. The number of thiophene rings is 1. The lowest BCUT2D eigenvalue weighted by Gasteiger charge is -2.04. The summed E-state index contributed by atoms with van der Waals surface area (Å²) in [5.74, 6) is 0. The van der Waals surface area contributed by atoms with Gasteiger partial charge in [-0.25, -0.2) is 13.1 Å². The molecule has 110 valence electrons. The van der Waals surface area contributed by atoms with Gasteiger partial charge in [0.05, 0.1) is 0 Å². The van der Waals surface area contributed by atoms with Crippen LogP contribution in [-0.2, 0) is 21.3 Å². The van der Waals surface area contributed by atoms with Crippen molar-refractivity contribution in [2.45, 2.75) is 30.5 Å². The van der Waals surface area contributed by atoms with Gasteiger partial charge in [-0.1, -0.05) is 6.92 Å². The van der Waals surface area contributed by atoms with E-state index in [4.69, 9.17) is 4.74 Å². The van der Waals surface area contributed by atoms with Crippen molar-refractivity contribution in [3.63, 3.8) is 0 Å². The summed E-state index contributed by atoms with van der Waals surface area (Å²) in [4.78, 5) is 1.03. The van der Waals surface area contributed by atoms with Gasteiger partial charge in [0.25, 0.3) is 0 Å². The van der Waals surface area contributed by atoms with Gasteiger partial charge in [-0.15, -0.1) is 11.3 Å². The van der Waals surface area contributed by atoms with E-state index in [-0.39, 0.29) is 0 Å². The quantitative estimate of drug-likeness (QED) is 0.644. The SMILES string of the molecule is CCCNCc1ccc(S(=O)(=O)NCCCOC)s1. The highest BCUT2D eigenvalue weighted by atomic mass is 32.2. The molecule has 1 rings (SSSR count). The lowest BCUT2D eigenvalue weighted by Crippen LogP contribution is -2.24. The fourth-order valence-corrected chi connectivity index (χ4v) is 3.92. The summed E-state index contributed by atoms with van der Waals surface area (Å²) in [7, 11) is -1.76. The van der Waals surface area contributed by atoms with Crippen molar-refractivity contribution in [3.05, 3.63) is 17.0 Å². The van der Waals surface area contributed by atoms with Crippen LogP contribution in [0, 0.1) is 0 Å². The van der Waals surface area contributed by atoms with Crippen molar-refractivity contribution in [1.82, 2.24) is 10.0 Å². The highest BCUT2D eigenvalue weighted by molar-refractivity contribution is 7.91. The second-order valence-electron chi connectivity index (χ2n) is 4.14. The Morgan fingerprint density at radius 1 is 1.32 bits per heavy atom. The Morgan fingerprint density at radius 3 is 2.79 bits per heavy atom. The number of rotatable bonds is 10. The molecule has 2 N–H and O–H groups in total. The van der Waals surface area contributed by atoms with Crippen LogP contribution in [0.4, 0.5) is 0 Å². The maximum Gasteiger partial charge on any atom is 0.250 e. The highest BCUT2D eigenvalue weighted by Gasteiger charge is 2.15. The molecule has 19 heavy (non-hydrogen) atoms. The second-order valence-corrected chi connectivity index (χ2v) is 7.30. The van der Waals surface area contributed by atoms with Crippen molar-refractivity contribution in [2.75, 3.05) is 26.8 Å². The molecule has 7 heteroatoms. The Labute approximate surface area is 119 Å². The van der Waals surface area contributed by atoms with E-state index in [0.717, 1.165) is 24.4 Å². The minimum Gasteiger partial charge on any atom is -0.385 e. The molecule has 5 nitrogen and oxygen atoms in total. The third-order valence-electron chi connectivity index (χ3n) is 2.45. The standard InChI is InChI=1S/C12H22N2O3S2/c1-3-7-13-10-11-5-6-12(18-11)19(15,16)14-8-4-9-17-2/h5-6,13-14H,3-4,7-10H2,1-2H3. The molecule has 1 aromatic rings. The molecule has 0 radical (unpaired) electrons. The van der Waals surface area contributed by atoms with Crippen LogP contribution in [0.15, 0.2) is 16.3 Å². The third kappa shape index (κ3) is 6.01. The molecule has 1 heterocycles. The average Bonchev–Trinajstić information content (AvgIpc) is 2.85. The van der Waals surface area contributed by atoms with E-state index < -0.39 is 10.0 Å². The molecule has 0 aliphatic rings. The molecule has 0 saturated carbocycles. The van der Waals surface area contributed by atoms with Crippen molar-refractivity contribution >= 4 is 21.4 Å². The van der Waals surface area contributed by atoms with E-state index in [2.05, 4.69) is 17.0 Å². The maximum atomic E-state index is 12.0. The number of methoxy groups -OCH3 is 1. The first-order chi connectivity index (χ1) is 9.10. The van der Waals surface area contributed by atoms with Gasteiger partial charge in [0.1, 0.15) is 4.21 Å². The van der Waals surface area contributed by atoms with Crippen LogP contribution in [0.3, 0.4) is 0 Å². The predicted octanol–water partition coefficient (Wildman–Crippen LogP) is 1.56. The van der Waals surface area contributed by atoms with Gasteiger partial charge in [-0.2, -0.15) is 0 Å². The molecule has 0 aliphatic carbocycles. The van der Waals surface area contributed by atoms with E-state index in [0.29, 0.717) is 23.8 Å². The van der Waals surface area contributed by atoms with Crippen LogP contribution in [0.25, 0.3) is 0 Å². The van der Waals surface area contributed by atoms with E-state index in [1.807, 2.05) is 6.07 Å². The van der Waals surface area contributed by atoms with Crippen LogP contribution in [-0.4, -0.2) is 35.2 Å². The van der Waals surface area contributed by atoms with Crippen molar-refractivity contribution < 1.29 is 13.2 Å². The van der Waals surface area contributed by atoms with Gasteiger partial charge in [0.15, 0.2) is 0 Å². The van der Waals surface area contributed by atoms with Crippen LogP contribution in [0.5, 0.6) is 0 Å². The zero-order chi connectivity index (χ0) is 14.1. The number of hydrogen-bond donors (Lipinski definition) is 2. The Kier molecular flexibility index (Phi) is 7.55. The van der Waals surface area contributed by atoms with Crippen molar-refractivity contribution in [2.24, 2.45) is 0 Å². The summed E-state index contributed by atoms with van der Waals surface area (Å²) in [6.45, 7) is 4.71. The van der Waals surface area contributed by atoms with E-state index in [1.165, 1.54) is 11.3 Å². The Morgan fingerprint density at radius 2 is 2.11 bits per heavy atom. The average molecular weight is 306 g/mol. The van der Waals surface area contributed by atoms with Crippen LogP contribution in [0.1, 0.15) is 24.6 Å². The molecule has 0 unspecified atom stereocenters. The fourth-order valence-electron chi connectivity index (χ4n) is 1.48. The van der Waals surface area contributed by atoms with Gasteiger partial charge in [-0.3, -0.25) is 0 Å². The van der Waals surface area contributed by atoms with E-state index in [9.17, 15) is 8.42 Å². The molecule has 0 amide bonds. The molecule has 1 aromatic heterocycles. The lowest BCUT2D eigenvalue weighted by molar-refractivity contribution is 0.196. The van der Waals surface area contributed by atoms with Crippen LogP contribution >= 0.6 is 11.3 Å². The first-order valence-corrected chi connectivity index (χ1v) is 8.68. The molecule has 0 saturated heterocycles. The third-order valence-corrected chi connectivity index (χ3v) is 5.48. The van der Waals surface area contributed by atoms with Gasteiger partial charge < -0.3 is 10.1 Å². The summed E-state index contributed by atoms with van der Waals surface area (Å²) >= 11 is 1.31. The topological polar surface area (TPSA) is 67.4 Å². The largest absolute Gasteiger partial charge is 0.385 e. The summed E-state index contributed by atoms with van der Waals surface area (Å²) in [5.41, 5.74) is 0. The summed E-state index contributed by atoms with van der Waals surface area (Å²) in [5, 5.41) is 3.25. The Hall–Kier alpha value is -0.470. The number of nitrogens with one attached hydrogen (secondary N) is 2. The summed E-state index contributed by atoms with van der Waals surface area (Å²) in [6.07, 6.45) is 1.74. The van der Waals surface area contributed by atoms with Crippen LogP contribution in [0.2, 0.25) is 0 Å². The number of ether oxygens (including phenoxy) is 1. The maximum absolute atomic E-state index is 12.0. The molecule has 0 spiro atoms. The zero-order valence-electron chi connectivity index (χ0n) is 11.4. The molecule has 0 aliphatic heterocycles. The lowest BCUT2D eigenvalue weighted by atomic mass is 10.4. The number of sulfonamides is 1. The van der Waals surface area contributed by atoms with Crippen LogP contribution < -0.4 is 10.0 Å². The monoisotopic (exact) mass is 306 g/mol. The zero-order valence-corrected chi connectivity index (χ0v) is 13.1. The van der Waals surface area contributed by atoms with Gasteiger partial charge >= 0.3 is 0 Å². The minimum absolute atomic E-state index is 0.373. The fraction of sp³-hybridized carbons (Fsp3) is 0.667. The molecule has 0 fully saturated rings. The predicted molar refractivity (Wildman–Crippen MR) is 78.0 cm³/mol. The van der Waals surface area contributed by atoms with Crippen molar-refractivity contribution in [3.8, 4) is 0 Å². The second kappa shape index (κ2) is 8.65. The first-order valence-electron chi connectivity index (χ1n) is 6.38. The van der Waals surface area contributed by atoms with Gasteiger partial charge in [0.2, 0.25) is 10.0 Å². The molecule has 0 aromatic carbocycles. The van der Waals surface area contributed by atoms with Gasteiger partial charge in [-0.05, 0) is 31.5 Å². The molecular formula is C12H22N2O3S2. The summed E-state index contributed by atoms with van der Waals surface area (Å²) < 4.78 is 31.8. The van der Waals surface area contributed by atoms with Gasteiger partial charge in [0, 0.05) is 31.7 Å². The normalized spacial score (nSPS) is 11.9. The Balaban J connectivity index is 2.49. The molecule has 0 atom stereocenters. The molecule has 0 bridgehead atoms.